The number of hydrogen-bond donors (Lipinski definition) is 2. The molecule has 1 aliphatic rings. The van der Waals surface area contributed by atoms with Crippen molar-refractivity contribution in [2.24, 2.45) is 5.73 Å². The van der Waals surface area contributed by atoms with Gasteiger partial charge in [0.15, 0.2) is 0 Å². The molecular weight excluding hydrogens is 228 g/mol. The van der Waals surface area contributed by atoms with Gasteiger partial charge in [0.05, 0.1) is 6.10 Å². The number of carbonyl (C=O) groups is 1. The summed E-state index contributed by atoms with van der Waals surface area (Å²) in [5.74, 6) is -0.108. The van der Waals surface area contributed by atoms with E-state index in [4.69, 9.17) is 10.5 Å². The highest BCUT2D eigenvalue weighted by atomic mass is 16.5. The van der Waals surface area contributed by atoms with Crippen molar-refractivity contribution < 1.29 is 9.53 Å². The molecule has 1 fully saturated rings. The summed E-state index contributed by atoms with van der Waals surface area (Å²) in [5, 5.41) is 3.00. The van der Waals surface area contributed by atoms with Crippen molar-refractivity contribution >= 4 is 5.91 Å². The fraction of sp³-hybridized carbons (Fsp3) is 0.500. The number of nitrogens with two attached hydrogens (primary N) is 1. The summed E-state index contributed by atoms with van der Waals surface area (Å²) in [6.07, 6.45) is 3.11. The zero-order valence-corrected chi connectivity index (χ0v) is 10.6. The van der Waals surface area contributed by atoms with Gasteiger partial charge in [-0.1, -0.05) is 30.3 Å². The zero-order chi connectivity index (χ0) is 13.0. The molecule has 0 heterocycles. The molecule has 4 heteroatoms. The van der Waals surface area contributed by atoms with Gasteiger partial charge in [0, 0.05) is 13.2 Å². The number of carbonyl (C=O) groups excluding carboxylic acids is 1. The van der Waals surface area contributed by atoms with Gasteiger partial charge in [0.1, 0.15) is 6.04 Å². The van der Waals surface area contributed by atoms with Gasteiger partial charge >= 0.3 is 0 Å². The highest BCUT2D eigenvalue weighted by Crippen LogP contribution is 2.22. The molecule has 1 aromatic carbocycles. The number of benzene rings is 1. The molecule has 3 N–H and O–H groups in total. The monoisotopic (exact) mass is 248 g/mol. The van der Waals surface area contributed by atoms with Crippen LogP contribution in [-0.4, -0.2) is 25.2 Å². The molecule has 3 atom stereocenters. The summed E-state index contributed by atoms with van der Waals surface area (Å²) in [5.41, 5.74) is 6.78. The Kier molecular flexibility index (Phi) is 4.33. The van der Waals surface area contributed by atoms with E-state index in [0.717, 1.165) is 24.8 Å². The number of hydrogen-bond acceptors (Lipinski definition) is 3. The van der Waals surface area contributed by atoms with Crippen LogP contribution >= 0.6 is 0 Å². The SMILES string of the molecule is COC1CCC(NC(=O)[C@H](N)c2ccccc2)C1. The normalized spacial score (nSPS) is 24.8. The maximum absolute atomic E-state index is 12.0. The van der Waals surface area contributed by atoms with Crippen molar-refractivity contribution in [3.63, 3.8) is 0 Å². The van der Waals surface area contributed by atoms with Crippen molar-refractivity contribution in [3.05, 3.63) is 35.9 Å². The summed E-state index contributed by atoms with van der Waals surface area (Å²) in [4.78, 5) is 12.0. The molecule has 4 nitrogen and oxygen atoms in total. The summed E-state index contributed by atoms with van der Waals surface area (Å²) in [6.45, 7) is 0. The number of ether oxygens (including phenoxy) is 1. The van der Waals surface area contributed by atoms with Gasteiger partial charge in [-0.25, -0.2) is 0 Å². The number of nitrogens with one attached hydrogen (secondary N) is 1. The van der Waals surface area contributed by atoms with E-state index < -0.39 is 6.04 Å². The van der Waals surface area contributed by atoms with E-state index in [2.05, 4.69) is 5.32 Å². The van der Waals surface area contributed by atoms with Crippen LogP contribution in [0.1, 0.15) is 30.9 Å². The molecule has 98 valence electrons. The summed E-state index contributed by atoms with van der Waals surface area (Å²) in [7, 11) is 1.71. The van der Waals surface area contributed by atoms with Crippen LogP contribution in [0.4, 0.5) is 0 Å². The van der Waals surface area contributed by atoms with Gasteiger partial charge in [-0.15, -0.1) is 0 Å². The van der Waals surface area contributed by atoms with E-state index in [0.29, 0.717) is 0 Å². The standard InChI is InChI=1S/C14H20N2O2/c1-18-12-8-7-11(9-12)16-14(17)13(15)10-5-3-2-4-6-10/h2-6,11-13H,7-9,15H2,1H3,(H,16,17)/t11?,12?,13-/m1/s1. The topological polar surface area (TPSA) is 64.3 Å². The molecule has 1 aromatic rings. The Balaban J connectivity index is 1.89. The Hall–Kier alpha value is -1.39. The first-order valence-corrected chi connectivity index (χ1v) is 6.34. The number of rotatable bonds is 4. The second-order valence-corrected chi connectivity index (χ2v) is 4.76. The molecule has 0 radical (unpaired) electrons. The molecule has 1 aliphatic carbocycles. The average Bonchev–Trinajstić information content (AvgIpc) is 2.86. The van der Waals surface area contributed by atoms with Gasteiger partial charge in [-0.05, 0) is 24.8 Å². The van der Waals surface area contributed by atoms with Crippen LogP contribution < -0.4 is 11.1 Å². The van der Waals surface area contributed by atoms with E-state index in [1.165, 1.54) is 0 Å². The predicted octanol–water partition coefficient (Wildman–Crippen LogP) is 1.37. The highest BCUT2D eigenvalue weighted by Gasteiger charge is 2.27. The molecule has 0 spiro atoms. The molecule has 1 amide bonds. The number of amides is 1. The zero-order valence-electron chi connectivity index (χ0n) is 10.6. The lowest BCUT2D eigenvalue weighted by Crippen LogP contribution is -2.39. The van der Waals surface area contributed by atoms with Crippen LogP contribution in [0.25, 0.3) is 0 Å². The van der Waals surface area contributed by atoms with E-state index in [-0.39, 0.29) is 18.1 Å². The van der Waals surface area contributed by atoms with Crippen LogP contribution in [0, 0.1) is 0 Å². The van der Waals surface area contributed by atoms with E-state index >= 15 is 0 Å². The van der Waals surface area contributed by atoms with Gasteiger partial charge in [-0.3, -0.25) is 4.79 Å². The summed E-state index contributed by atoms with van der Waals surface area (Å²) in [6, 6.07) is 9.03. The van der Waals surface area contributed by atoms with E-state index in [1.807, 2.05) is 30.3 Å². The smallest absolute Gasteiger partial charge is 0.241 e. The van der Waals surface area contributed by atoms with Gasteiger partial charge < -0.3 is 15.8 Å². The third kappa shape index (κ3) is 3.09. The van der Waals surface area contributed by atoms with E-state index in [9.17, 15) is 4.79 Å². The lowest BCUT2D eigenvalue weighted by atomic mass is 10.1. The van der Waals surface area contributed by atoms with Crippen LogP contribution in [0.5, 0.6) is 0 Å². The largest absolute Gasteiger partial charge is 0.381 e. The van der Waals surface area contributed by atoms with Crippen LogP contribution in [0.2, 0.25) is 0 Å². The molecule has 0 bridgehead atoms. The van der Waals surface area contributed by atoms with Crippen molar-refractivity contribution in [1.29, 1.82) is 0 Å². The lowest BCUT2D eigenvalue weighted by Gasteiger charge is -2.17. The van der Waals surface area contributed by atoms with Gasteiger partial charge in [-0.2, -0.15) is 0 Å². The molecule has 2 rings (SSSR count). The second-order valence-electron chi connectivity index (χ2n) is 4.76. The minimum atomic E-state index is -0.590. The Morgan fingerprint density at radius 3 is 2.72 bits per heavy atom. The Morgan fingerprint density at radius 1 is 1.39 bits per heavy atom. The Morgan fingerprint density at radius 2 is 2.11 bits per heavy atom. The number of methoxy groups -OCH3 is 1. The first-order chi connectivity index (χ1) is 8.70. The van der Waals surface area contributed by atoms with Crippen LogP contribution in [0.3, 0.4) is 0 Å². The van der Waals surface area contributed by atoms with Crippen molar-refractivity contribution in [3.8, 4) is 0 Å². The molecule has 0 saturated heterocycles. The Bertz CT molecular complexity index is 394. The second kappa shape index (κ2) is 5.98. The third-order valence-electron chi connectivity index (χ3n) is 3.51. The first-order valence-electron chi connectivity index (χ1n) is 6.34. The third-order valence-corrected chi connectivity index (χ3v) is 3.51. The molecule has 2 unspecified atom stereocenters. The summed E-state index contributed by atoms with van der Waals surface area (Å²) < 4.78 is 5.29. The fourth-order valence-electron chi connectivity index (χ4n) is 2.39. The minimum absolute atomic E-state index is 0.108. The van der Waals surface area contributed by atoms with Gasteiger partial charge in [0.25, 0.3) is 0 Å². The van der Waals surface area contributed by atoms with Crippen molar-refractivity contribution in [2.75, 3.05) is 7.11 Å². The fourth-order valence-corrected chi connectivity index (χ4v) is 2.39. The predicted molar refractivity (Wildman–Crippen MR) is 69.9 cm³/mol. The highest BCUT2D eigenvalue weighted by molar-refractivity contribution is 5.83. The molecule has 0 aliphatic heterocycles. The molecule has 0 aromatic heterocycles. The lowest BCUT2D eigenvalue weighted by molar-refractivity contribution is -0.123. The quantitative estimate of drug-likeness (QED) is 0.846. The van der Waals surface area contributed by atoms with Crippen molar-refractivity contribution in [1.82, 2.24) is 5.32 Å². The Labute approximate surface area is 108 Å². The molecular formula is C14H20N2O2. The van der Waals surface area contributed by atoms with Gasteiger partial charge in [0.2, 0.25) is 5.91 Å². The maximum atomic E-state index is 12.0. The first kappa shape index (κ1) is 13.1. The van der Waals surface area contributed by atoms with Crippen molar-refractivity contribution in [2.45, 2.75) is 37.5 Å². The molecule has 18 heavy (non-hydrogen) atoms. The average molecular weight is 248 g/mol. The minimum Gasteiger partial charge on any atom is -0.381 e. The van der Waals surface area contributed by atoms with Crippen LogP contribution in [-0.2, 0) is 9.53 Å². The maximum Gasteiger partial charge on any atom is 0.241 e. The van der Waals surface area contributed by atoms with Crippen LogP contribution in [0.15, 0.2) is 30.3 Å². The summed E-state index contributed by atoms with van der Waals surface area (Å²) >= 11 is 0. The van der Waals surface area contributed by atoms with E-state index in [1.54, 1.807) is 7.11 Å². The molecule has 1 saturated carbocycles.